The Kier molecular flexibility index (Phi) is 6.57. The van der Waals surface area contributed by atoms with Crippen LogP contribution in [0.1, 0.15) is 38.3 Å². The van der Waals surface area contributed by atoms with Crippen molar-refractivity contribution in [3.63, 3.8) is 0 Å². The Balaban J connectivity index is 1.49. The number of piperidine rings is 1. The molecule has 0 unspecified atom stereocenters. The fourth-order valence-corrected chi connectivity index (χ4v) is 5.12. The molecule has 10 heteroatoms. The number of aromatic amines is 1. The van der Waals surface area contributed by atoms with E-state index in [1.807, 2.05) is 51.1 Å². The molecule has 0 radical (unpaired) electrons. The molecule has 4 aromatic rings. The zero-order valence-electron chi connectivity index (χ0n) is 20.5. The first-order valence-corrected chi connectivity index (χ1v) is 12.5. The Labute approximate surface area is 212 Å². The number of nitrogens with zero attached hydrogens (tertiary/aromatic N) is 4. The lowest BCUT2D eigenvalue weighted by atomic mass is 10.0. The zero-order chi connectivity index (χ0) is 25.4. The average Bonchev–Trinajstić information content (AvgIpc) is 2.85. The number of halogens is 1. The number of aromatic nitrogens is 4. The monoisotopic (exact) mass is 509 g/mol. The maximum atomic E-state index is 12.8. The van der Waals surface area contributed by atoms with Crippen LogP contribution in [0.15, 0.2) is 39.9 Å². The van der Waals surface area contributed by atoms with Crippen LogP contribution < -0.4 is 25.6 Å². The normalized spacial score (nSPS) is 14.5. The second kappa shape index (κ2) is 9.81. The van der Waals surface area contributed by atoms with Gasteiger partial charge in [0.1, 0.15) is 5.82 Å². The number of nitrogens with one attached hydrogen (secondary N) is 1. The maximum Gasteiger partial charge on any atom is 0.329 e. The third-order valence-electron chi connectivity index (χ3n) is 6.54. The van der Waals surface area contributed by atoms with E-state index in [9.17, 15) is 9.59 Å². The fourth-order valence-electron chi connectivity index (χ4n) is 4.94. The van der Waals surface area contributed by atoms with Crippen molar-refractivity contribution in [3.8, 4) is 11.5 Å². The Bertz CT molecular complexity index is 1560. The molecule has 0 atom stereocenters. The largest absolute Gasteiger partial charge is 0.490 e. The summed E-state index contributed by atoms with van der Waals surface area (Å²) in [7, 11) is 0. The minimum Gasteiger partial charge on any atom is -0.490 e. The summed E-state index contributed by atoms with van der Waals surface area (Å²) >= 11 is 6.31. The van der Waals surface area contributed by atoms with Crippen molar-refractivity contribution < 1.29 is 9.47 Å². The Hall–Kier alpha value is -3.59. The SMILES string of the molecule is CCOc1cc2nc(Cl)nc(N3CCC(n4c(=O)[nH]c(=O)c5cc(C)ccc54)CC3)c2cc1OCC. The summed E-state index contributed by atoms with van der Waals surface area (Å²) in [5.74, 6) is 1.98. The second-order valence-electron chi connectivity index (χ2n) is 8.87. The topological polar surface area (TPSA) is 102 Å². The number of rotatable bonds is 6. The third kappa shape index (κ3) is 4.39. The van der Waals surface area contributed by atoms with E-state index in [1.54, 1.807) is 4.57 Å². The molecule has 0 spiro atoms. The van der Waals surface area contributed by atoms with Crippen LogP contribution in [0.5, 0.6) is 11.5 Å². The first-order valence-electron chi connectivity index (χ1n) is 12.2. The smallest absolute Gasteiger partial charge is 0.329 e. The lowest BCUT2D eigenvalue weighted by molar-refractivity contribution is 0.288. The van der Waals surface area contributed by atoms with Crippen molar-refractivity contribution in [2.75, 3.05) is 31.2 Å². The lowest BCUT2D eigenvalue weighted by Crippen LogP contribution is -2.40. The molecule has 9 nitrogen and oxygen atoms in total. The van der Waals surface area contributed by atoms with E-state index in [2.05, 4.69) is 19.9 Å². The van der Waals surface area contributed by atoms with Gasteiger partial charge in [-0.15, -0.1) is 0 Å². The number of aryl methyl sites for hydroxylation is 1. The van der Waals surface area contributed by atoms with Gasteiger partial charge >= 0.3 is 5.69 Å². The van der Waals surface area contributed by atoms with Crippen LogP contribution in [0, 0.1) is 6.92 Å². The summed E-state index contributed by atoms with van der Waals surface area (Å²) in [5.41, 5.74) is 1.57. The molecule has 1 N–H and O–H groups in total. The number of benzene rings is 2. The van der Waals surface area contributed by atoms with E-state index in [1.165, 1.54) is 0 Å². The first kappa shape index (κ1) is 24.1. The van der Waals surface area contributed by atoms with E-state index < -0.39 is 0 Å². The van der Waals surface area contributed by atoms with Crippen molar-refractivity contribution in [2.24, 2.45) is 0 Å². The predicted molar refractivity (Wildman–Crippen MR) is 141 cm³/mol. The van der Waals surface area contributed by atoms with Crippen LogP contribution in [0.3, 0.4) is 0 Å². The van der Waals surface area contributed by atoms with Crippen molar-refractivity contribution in [1.82, 2.24) is 19.5 Å². The standard InChI is InChI=1S/C26H28ClN5O4/c1-4-35-21-13-17-19(14-22(21)36-5-2)28-25(27)29-23(17)31-10-8-16(9-11-31)32-20-7-6-15(3)12-18(20)24(33)30-26(32)34/h6-7,12-14,16H,4-5,8-11H2,1-3H3,(H,30,33,34). The predicted octanol–water partition coefficient (Wildman–Crippen LogP) is 4.23. The highest BCUT2D eigenvalue weighted by Crippen LogP contribution is 2.37. The molecule has 0 bridgehead atoms. The number of ether oxygens (including phenoxy) is 2. The molecule has 5 rings (SSSR count). The Morgan fingerprint density at radius 3 is 2.39 bits per heavy atom. The minimum absolute atomic E-state index is 0.0528. The van der Waals surface area contributed by atoms with Crippen LogP contribution in [0.2, 0.25) is 5.28 Å². The molecule has 0 saturated carbocycles. The highest BCUT2D eigenvalue weighted by atomic mass is 35.5. The third-order valence-corrected chi connectivity index (χ3v) is 6.71. The molecule has 2 aromatic heterocycles. The summed E-state index contributed by atoms with van der Waals surface area (Å²) in [6.07, 6.45) is 1.40. The van der Waals surface area contributed by atoms with Gasteiger partial charge in [-0.3, -0.25) is 14.3 Å². The molecule has 3 heterocycles. The highest BCUT2D eigenvalue weighted by molar-refractivity contribution is 6.28. The van der Waals surface area contributed by atoms with Crippen molar-refractivity contribution >= 4 is 39.2 Å². The van der Waals surface area contributed by atoms with Crippen LogP contribution in [0.4, 0.5) is 5.82 Å². The first-order chi connectivity index (χ1) is 17.4. The van der Waals surface area contributed by atoms with Crippen molar-refractivity contribution in [3.05, 3.63) is 62.0 Å². The van der Waals surface area contributed by atoms with Crippen molar-refractivity contribution in [2.45, 2.75) is 39.7 Å². The van der Waals surface area contributed by atoms with Gasteiger partial charge in [-0.2, -0.15) is 4.98 Å². The zero-order valence-corrected chi connectivity index (χ0v) is 21.3. The van der Waals surface area contributed by atoms with Gasteiger partial charge in [0.2, 0.25) is 5.28 Å². The van der Waals surface area contributed by atoms with E-state index in [0.717, 1.165) is 16.8 Å². The Morgan fingerprint density at radius 2 is 1.69 bits per heavy atom. The minimum atomic E-state index is -0.379. The molecule has 0 aliphatic carbocycles. The van der Waals surface area contributed by atoms with Gasteiger partial charge in [-0.25, -0.2) is 9.78 Å². The van der Waals surface area contributed by atoms with Gasteiger partial charge in [0.15, 0.2) is 11.5 Å². The average molecular weight is 510 g/mol. The summed E-state index contributed by atoms with van der Waals surface area (Å²) in [5, 5.41) is 1.51. The Morgan fingerprint density at radius 1 is 1.00 bits per heavy atom. The van der Waals surface area contributed by atoms with Crippen LogP contribution in [-0.4, -0.2) is 45.8 Å². The number of hydrogen-bond donors (Lipinski definition) is 1. The fraction of sp³-hybridized carbons (Fsp3) is 0.385. The van der Waals surface area contributed by atoms with Crippen LogP contribution in [0.25, 0.3) is 21.8 Å². The summed E-state index contributed by atoms with van der Waals surface area (Å²) in [4.78, 5) is 38.8. The van der Waals surface area contributed by atoms with Gasteiger partial charge in [-0.05, 0) is 63.4 Å². The molecule has 36 heavy (non-hydrogen) atoms. The van der Waals surface area contributed by atoms with E-state index in [4.69, 9.17) is 21.1 Å². The van der Waals surface area contributed by atoms with E-state index >= 15 is 0 Å². The van der Waals surface area contributed by atoms with Gasteiger partial charge < -0.3 is 14.4 Å². The van der Waals surface area contributed by atoms with Gasteiger partial charge in [0.05, 0.1) is 29.6 Å². The molecule has 1 fully saturated rings. The van der Waals surface area contributed by atoms with E-state index in [0.29, 0.717) is 67.1 Å². The lowest BCUT2D eigenvalue weighted by Gasteiger charge is -2.34. The molecule has 1 aliphatic heterocycles. The molecule has 2 aromatic carbocycles. The number of anilines is 1. The summed E-state index contributed by atoms with van der Waals surface area (Å²) in [6.45, 7) is 8.09. The molecular weight excluding hydrogens is 482 g/mol. The van der Waals surface area contributed by atoms with Gasteiger partial charge in [0, 0.05) is 30.6 Å². The van der Waals surface area contributed by atoms with Gasteiger partial charge in [0.25, 0.3) is 5.56 Å². The van der Waals surface area contributed by atoms with Crippen LogP contribution >= 0.6 is 11.6 Å². The summed E-state index contributed by atoms with van der Waals surface area (Å²) in [6, 6.07) is 9.29. The molecule has 1 aliphatic rings. The molecule has 0 amide bonds. The van der Waals surface area contributed by atoms with Crippen LogP contribution in [-0.2, 0) is 0 Å². The van der Waals surface area contributed by atoms with Crippen molar-refractivity contribution in [1.29, 1.82) is 0 Å². The molecule has 188 valence electrons. The number of H-pyrrole nitrogens is 1. The van der Waals surface area contributed by atoms with E-state index in [-0.39, 0.29) is 22.6 Å². The number of hydrogen-bond acceptors (Lipinski definition) is 7. The number of fused-ring (bicyclic) bond motifs is 2. The molecular formula is C26H28ClN5O4. The highest BCUT2D eigenvalue weighted by Gasteiger charge is 2.26. The summed E-state index contributed by atoms with van der Waals surface area (Å²) < 4.78 is 13.3. The second-order valence-corrected chi connectivity index (χ2v) is 9.20. The molecule has 1 saturated heterocycles. The quantitative estimate of drug-likeness (QED) is 0.388. The maximum absolute atomic E-state index is 12.8. The van der Waals surface area contributed by atoms with Gasteiger partial charge in [-0.1, -0.05) is 11.6 Å².